The minimum absolute atomic E-state index is 0.0164. The van der Waals surface area contributed by atoms with Crippen LogP contribution in [0, 0.1) is 11.8 Å². The number of unbranched alkanes of at least 4 members (excludes halogenated alkanes) is 4. The average molecular weight is 384 g/mol. The van der Waals surface area contributed by atoms with Crippen molar-refractivity contribution in [2.75, 3.05) is 21.3 Å². The van der Waals surface area contributed by atoms with E-state index in [1.165, 1.54) is 14.2 Å². The first-order valence-electron chi connectivity index (χ1n) is 10.4. The highest BCUT2D eigenvalue weighted by atomic mass is 16.5. The molecule has 1 aliphatic heterocycles. The van der Waals surface area contributed by atoms with Gasteiger partial charge in [-0.15, -0.1) is 0 Å². The van der Waals surface area contributed by atoms with Crippen LogP contribution in [0.5, 0.6) is 0 Å². The number of piperidine rings is 1. The summed E-state index contributed by atoms with van der Waals surface area (Å²) in [6.45, 7) is 9.10. The standard InChI is InChI=1S/C22H41NO4/c1-21(2)15-17(16-22(3,4)23(21)5)18(20(25)27-7)13-11-9-8-10-12-14-19(24)26-6/h17-18H,8-16H2,1-7H3. The molecule has 1 heterocycles. The van der Waals surface area contributed by atoms with Gasteiger partial charge in [0.05, 0.1) is 20.1 Å². The summed E-state index contributed by atoms with van der Waals surface area (Å²) in [6.07, 6.45) is 8.56. The summed E-state index contributed by atoms with van der Waals surface area (Å²) >= 11 is 0. The van der Waals surface area contributed by atoms with E-state index in [4.69, 9.17) is 4.74 Å². The van der Waals surface area contributed by atoms with Crippen molar-refractivity contribution >= 4 is 11.9 Å². The first kappa shape index (κ1) is 23.9. The molecule has 0 radical (unpaired) electrons. The molecule has 1 atom stereocenters. The summed E-state index contributed by atoms with van der Waals surface area (Å²) in [5.74, 6) is 0.158. The third-order valence-corrected chi connectivity index (χ3v) is 6.54. The quantitative estimate of drug-likeness (QED) is 0.408. The molecule has 158 valence electrons. The van der Waals surface area contributed by atoms with Gasteiger partial charge in [-0.25, -0.2) is 0 Å². The SMILES string of the molecule is COC(=O)CCCCCCCC(C(=O)OC)C1CC(C)(C)N(C)C(C)(C)C1. The Morgan fingerprint density at radius 2 is 1.44 bits per heavy atom. The van der Waals surface area contributed by atoms with Crippen molar-refractivity contribution in [3.8, 4) is 0 Å². The number of carbonyl (C=O) groups excluding carboxylic acids is 2. The van der Waals surface area contributed by atoms with Crippen LogP contribution in [0.2, 0.25) is 0 Å². The van der Waals surface area contributed by atoms with Gasteiger partial charge in [0.15, 0.2) is 0 Å². The molecule has 0 aliphatic carbocycles. The predicted molar refractivity (Wildman–Crippen MR) is 108 cm³/mol. The highest BCUT2D eigenvalue weighted by molar-refractivity contribution is 5.72. The number of rotatable bonds is 10. The Hall–Kier alpha value is -1.10. The van der Waals surface area contributed by atoms with Crippen molar-refractivity contribution in [1.82, 2.24) is 4.90 Å². The minimum atomic E-state index is -0.131. The van der Waals surface area contributed by atoms with E-state index in [-0.39, 0.29) is 28.9 Å². The third-order valence-electron chi connectivity index (χ3n) is 6.54. The fraction of sp³-hybridized carbons (Fsp3) is 0.909. The first-order valence-corrected chi connectivity index (χ1v) is 10.4. The van der Waals surface area contributed by atoms with Crippen molar-refractivity contribution in [3.63, 3.8) is 0 Å². The lowest BCUT2D eigenvalue weighted by Crippen LogP contribution is -2.59. The minimum Gasteiger partial charge on any atom is -0.469 e. The van der Waals surface area contributed by atoms with E-state index in [1.54, 1.807) is 0 Å². The van der Waals surface area contributed by atoms with Crippen LogP contribution in [-0.4, -0.2) is 49.2 Å². The zero-order chi connectivity index (χ0) is 20.7. The lowest BCUT2D eigenvalue weighted by Gasteiger charge is -2.54. The molecule has 0 aromatic carbocycles. The van der Waals surface area contributed by atoms with Crippen LogP contribution in [0.4, 0.5) is 0 Å². The summed E-state index contributed by atoms with van der Waals surface area (Å²) in [4.78, 5) is 26.1. The Kier molecular flexibility index (Phi) is 9.26. The second-order valence-electron chi connectivity index (χ2n) is 9.36. The van der Waals surface area contributed by atoms with Gasteiger partial charge >= 0.3 is 11.9 Å². The van der Waals surface area contributed by atoms with E-state index in [0.29, 0.717) is 12.3 Å². The van der Waals surface area contributed by atoms with E-state index < -0.39 is 0 Å². The molecule has 1 aliphatic rings. The molecule has 5 heteroatoms. The van der Waals surface area contributed by atoms with Gasteiger partial charge in [-0.1, -0.05) is 25.7 Å². The topological polar surface area (TPSA) is 55.8 Å². The fourth-order valence-corrected chi connectivity index (χ4v) is 4.70. The Morgan fingerprint density at radius 3 is 1.96 bits per heavy atom. The van der Waals surface area contributed by atoms with Crippen molar-refractivity contribution in [2.24, 2.45) is 11.8 Å². The summed E-state index contributed by atoms with van der Waals surface area (Å²) in [5.41, 5.74) is 0.152. The van der Waals surface area contributed by atoms with Gasteiger partial charge in [-0.3, -0.25) is 14.5 Å². The molecule has 5 nitrogen and oxygen atoms in total. The highest BCUT2D eigenvalue weighted by Gasteiger charge is 2.46. The van der Waals surface area contributed by atoms with Crippen LogP contribution >= 0.6 is 0 Å². The van der Waals surface area contributed by atoms with Gasteiger partial charge in [0.1, 0.15) is 0 Å². The van der Waals surface area contributed by atoms with Gasteiger partial charge < -0.3 is 9.47 Å². The Labute approximate surface area is 166 Å². The molecule has 0 aromatic rings. The van der Waals surface area contributed by atoms with Gasteiger partial charge in [-0.05, 0) is 66.3 Å². The normalized spacial score (nSPS) is 20.9. The molecule has 27 heavy (non-hydrogen) atoms. The number of ether oxygens (including phenoxy) is 2. The van der Waals surface area contributed by atoms with E-state index in [1.807, 2.05) is 0 Å². The summed E-state index contributed by atoms with van der Waals surface area (Å²) in [6, 6.07) is 0. The molecule has 0 aromatic heterocycles. The van der Waals surface area contributed by atoms with Gasteiger partial charge in [-0.2, -0.15) is 0 Å². The smallest absolute Gasteiger partial charge is 0.308 e. The zero-order valence-corrected chi connectivity index (χ0v) is 18.6. The summed E-state index contributed by atoms with van der Waals surface area (Å²) in [5, 5.41) is 0. The van der Waals surface area contributed by atoms with Crippen LogP contribution in [-0.2, 0) is 19.1 Å². The molecule has 1 unspecified atom stereocenters. The Balaban J connectivity index is 2.54. The first-order chi connectivity index (χ1) is 12.5. The van der Waals surface area contributed by atoms with Crippen LogP contribution in [0.25, 0.3) is 0 Å². The lowest BCUT2D eigenvalue weighted by atomic mass is 9.68. The van der Waals surface area contributed by atoms with Gasteiger partial charge in [0.25, 0.3) is 0 Å². The highest BCUT2D eigenvalue weighted by Crippen LogP contribution is 2.44. The van der Waals surface area contributed by atoms with Crippen molar-refractivity contribution < 1.29 is 19.1 Å². The Bertz CT molecular complexity index is 469. The molecule has 0 amide bonds. The second kappa shape index (κ2) is 10.4. The molecule has 1 rings (SSSR count). The molecule has 0 N–H and O–H groups in total. The second-order valence-corrected chi connectivity index (χ2v) is 9.36. The maximum absolute atomic E-state index is 12.5. The largest absolute Gasteiger partial charge is 0.469 e. The number of hydrogen-bond donors (Lipinski definition) is 0. The van der Waals surface area contributed by atoms with E-state index in [9.17, 15) is 9.59 Å². The van der Waals surface area contributed by atoms with E-state index in [2.05, 4.69) is 44.4 Å². The predicted octanol–water partition coefficient (Wildman–Crippen LogP) is 4.58. The average Bonchev–Trinajstić information content (AvgIpc) is 2.60. The van der Waals surface area contributed by atoms with E-state index >= 15 is 0 Å². The maximum Gasteiger partial charge on any atom is 0.308 e. The molecule has 0 spiro atoms. The monoisotopic (exact) mass is 383 g/mol. The van der Waals surface area contributed by atoms with Crippen LogP contribution in [0.1, 0.15) is 85.5 Å². The number of hydrogen-bond acceptors (Lipinski definition) is 5. The third kappa shape index (κ3) is 7.10. The summed E-state index contributed by atoms with van der Waals surface area (Å²) in [7, 11) is 5.13. The van der Waals surface area contributed by atoms with Crippen LogP contribution in [0.3, 0.4) is 0 Å². The van der Waals surface area contributed by atoms with Gasteiger partial charge in [0, 0.05) is 17.5 Å². The van der Waals surface area contributed by atoms with Crippen molar-refractivity contribution in [1.29, 1.82) is 0 Å². The zero-order valence-electron chi connectivity index (χ0n) is 18.6. The number of esters is 2. The summed E-state index contributed by atoms with van der Waals surface area (Å²) < 4.78 is 9.82. The Morgan fingerprint density at radius 1 is 0.926 bits per heavy atom. The number of methoxy groups -OCH3 is 2. The molecular weight excluding hydrogens is 342 g/mol. The maximum atomic E-state index is 12.5. The number of carbonyl (C=O) groups is 2. The van der Waals surface area contributed by atoms with Crippen molar-refractivity contribution in [3.05, 3.63) is 0 Å². The van der Waals surface area contributed by atoms with Crippen molar-refractivity contribution in [2.45, 2.75) is 96.6 Å². The lowest BCUT2D eigenvalue weighted by molar-refractivity contribution is -0.151. The fourth-order valence-electron chi connectivity index (χ4n) is 4.70. The van der Waals surface area contributed by atoms with Gasteiger partial charge in [0.2, 0.25) is 0 Å². The molecule has 0 saturated carbocycles. The molecule has 0 bridgehead atoms. The molecule has 1 fully saturated rings. The van der Waals surface area contributed by atoms with Crippen LogP contribution < -0.4 is 0 Å². The molecular formula is C22H41NO4. The number of nitrogens with zero attached hydrogens (tertiary/aromatic N) is 1. The molecule has 1 saturated heterocycles. The van der Waals surface area contributed by atoms with E-state index in [0.717, 1.165) is 51.4 Å². The number of likely N-dealkylation sites (tertiary alicyclic amines) is 1. The van der Waals surface area contributed by atoms with Crippen LogP contribution in [0.15, 0.2) is 0 Å².